The molecule has 3 rings (SSSR count). The third-order valence-corrected chi connectivity index (χ3v) is 5.48. The van der Waals surface area contributed by atoms with Crippen molar-refractivity contribution in [3.63, 3.8) is 0 Å². The van der Waals surface area contributed by atoms with Gasteiger partial charge in [0, 0.05) is 36.1 Å². The van der Waals surface area contributed by atoms with Crippen molar-refractivity contribution in [1.82, 2.24) is 15.2 Å². The number of pyridine rings is 1. The van der Waals surface area contributed by atoms with E-state index >= 15 is 0 Å². The average Bonchev–Trinajstić information content (AvgIpc) is 2.65. The van der Waals surface area contributed by atoms with Gasteiger partial charge in [-0.25, -0.2) is 4.98 Å². The van der Waals surface area contributed by atoms with E-state index < -0.39 is 0 Å². The van der Waals surface area contributed by atoms with Crippen LogP contribution in [0.15, 0.2) is 36.4 Å². The van der Waals surface area contributed by atoms with Gasteiger partial charge in [-0.05, 0) is 67.9 Å². The zero-order valence-electron chi connectivity index (χ0n) is 14.9. The van der Waals surface area contributed by atoms with E-state index in [1.54, 1.807) is 12.1 Å². The van der Waals surface area contributed by atoms with E-state index in [-0.39, 0.29) is 11.7 Å². The maximum Gasteiger partial charge on any atom is 0.166 e. The summed E-state index contributed by atoms with van der Waals surface area (Å²) in [5.41, 5.74) is 1.78. The minimum absolute atomic E-state index is 0.108. The lowest BCUT2D eigenvalue weighted by Gasteiger charge is -2.31. The number of piperidine rings is 1. The first kappa shape index (κ1) is 20.6. The quantitative estimate of drug-likeness (QED) is 0.395. The van der Waals surface area contributed by atoms with Gasteiger partial charge in [0.25, 0.3) is 0 Å². The van der Waals surface area contributed by atoms with Crippen molar-refractivity contribution in [2.75, 3.05) is 26.2 Å². The largest absolute Gasteiger partial charge is 0.311 e. The Hall–Kier alpha value is -1.17. The average molecular weight is 427 g/mol. The fourth-order valence-corrected chi connectivity index (χ4v) is 3.99. The smallest absolute Gasteiger partial charge is 0.166 e. The maximum atomic E-state index is 12.6. The third-order valence-electron chi connectivity index (χ3n) is 4.84. The molecule has 0 bridgehead atoms. The highest BCUT2D eigenvalue weighted by Crippen LogP contribution is 2.22. The molecule has 1 aromatic carbocycles. The molecular formula is C20H22Cl3N3O. The summed E-state index contributed by atoms with van der Waals surface area (Å²) in [5.74, 6) is 0.340. The van der Waals surface area contributed by atoms with Gasteiger partial charge < -0.3 is 10.2 Å². The fourth-order valence-electron chi connectivity index (χ4n) is 3.35. The van der Waals surface area contributed by atoms with Crippen LogP contribution in [-0.2, 0) is 6.54 Å². The molecule has 2 aromatic rings. The monoisotopic (exact) mass is 425 g/mol. The number of ketones is 1. The first-order valence-corrected chi connectivity index (χ1v) is 10.2. The van der Waals surface area contributed by atoms with Crippen LogP contribution in [0.4, 0.5) is 0 Å². The van der Waals surface area contributed by atoms with Crippen LogP contribution in [0.1, 0.15) is 28.8 Å². The topological polar surface area (TPSA) is 45.2 Å². The molecule has 1 aromatic heterocycles. The second-order valence-corrected chi connectivity index (χ2v) is 8.00. The summed E-state index contributed by atoms with van der Waals surface area (Å²) >= 11 is 17.7. The number of nitrogens with zero attached hydrogens (tertiary/aromatic N) is 2. The molecule has 4 nitrogen and oxygen atoms in total. The molecule has 0 saturated carbocycles. The van der Waals surface area contributed by atoms with Gasteiger partial charge in [-0.15, -0.1) is 0 Å². The molecule has 0 unspecified atom stereocenters. The minimum Gasteiger partial charge on any atom is -0.311 e. The number of rotatable bonds is 7. The highest BCUT2D eigenvalue weighted by molar-refractivity contribution is 6.32. The Morgan fingerprint density at radius 2 is 1.70 bits per heavy atom. The number of carbonyl (C=O) groups excluding carboxylic acids is 1. The van der Waals surface area contributed by atoms with Gasteiger partial charge in [0.1, 0.15) is 10.3 Å². The summed E-state index contributed by atoms with van der Waals surface area (Å²) in [6.07, 6.45) is 1.80. The van der Waals surface area contributed by atoms with Crippen LogP contribution in [0.3, 0.4) is 0 Å². The Balaban J connectivity index is 1.38. The number of likely N-dealkylation sites (tertiary alicyclic amines) is 1. The molecule has 1 aliphatic rings. The van der Waals surface area contributed by atoms with Gasteiger partial charge >= 0.3 is 0 Å². The van der Waals surface area contributed by atoms with Crippen LogP contribution in [0.25, 0.3) is 0 Å². The van der Waals surface area contributed by atoms with E-state index in [2.05, 4.69) is 15.2 Å². The normalized spacial score (nSPS) is 15.8. The SMILES string of the molecule is O=C(c1ccc(Cl)cc1)C1CCN(CCNCc2cc(Cl)nc(Cl)c2)CC1. The number of nitrogens with one attached hydrogen (secondary N) is 1. The Morgan fingerprint density at radius 3 is 2.33 bits per heavy atom. The van der Waals surface area contributed by atoms with Crippen LogP contribution in [-0.4, -0.2) is 41.8 Å². The number of benzene rings is 1. The van der Waals surface area contributed by atoms with Gasteiger partial charge in [0.15, 0.2) is 5.78 Å². The van der Waals surface area contributed by atoms with Crippen molar-refractivity contribution < 1.29 is 4.79 Å². The molecule has 27 heavy (non-hydrogen) atoms. The summed E-state index contributed by atoms with van der Waals surface area (Å²) in [5, 5.41) is 4.88. The zero-order valence-corrected chi connectivity index (χ0v) is 17.2. The molecular weight excluding hydrogens is 405 g/mol. The molecule has 0 spiro atoms. The predicted octanol–water partition coefficient (Wildman–Crippen LogP) is 4.73. The molecule has 1 N–H and O–H groups in total. The van der Waals surface area contributed by atoms with E-state index in [0.717, 1.165) is 50.1 Å². The highest BCUT2D eigenvalue weighted by atomic mass is 35.5. The third kappa shape index (κ3) is 6.16. The maximum absolute atomic E-state index is 12.6. The Bertz CT molecular complexity index is 754. The predicted molar refractivity (Wildman–Crippen MR) is 111 cm³/mol. The second kappa shape index (κ2) is 9.85. The van der Waals surface area contributed by atoms with Crippen LogP contribution < -0.4 is 5.32 Å². The number of carbonyl (C=O) groups is 1. The number of hydrogen-bond acceptors (Lipinski definition) is 4. The zero-order chi connectivity index (χ0) is 19.2. The standard InChI is InChI=1S/C20H22Cl3N3O/c21-17-3-1-15(2-4-17)20(27)16-5-8-26(9-6-16)10-7-24-13-14-11-18(22)25-19(23)12-14/h1-4,11-12,16,24H,5-10,13H2. The summed E-state index contributed by atoms with van der Waals surface area (Å²) in [6.45, 7) is 4.41. The number of hydrogen-bond donors (Lipinski definition) is 1. The van der Waals surface area contributed by atoms with Crippen LogP contribution in [0.5, 0.6) is 0 Å². The second-order valence-electron chi connectivity index (χ2n) is 6.78. The van der Waals surface area contributed by atoms with Crippen molar-refractivity contribution >= 4 is 40.6 Å². The Kier molecular flexibility index (Phi) is 7.50. The summed E-state index contributed by atoms with van der Waals surface area (Å²) in [6, 6.07) is 10.8. The minimum atomic E-state index is 0.108. The van der Waals surface area contributed by atoms with E-state index in [1.807, 2.05) is 24.3 Å². The highest BCUT2D eigenvalue weighted by Gasteiger charge is 2.25. The molecule has 0 amide bonds. The van der Waals surface area contributed by atoms with Crippen molar-refractivity contribution in [2.45, 2.75) is 19.4 Å². The van der Waals surface area contributed by atoms with E-state index in [9.17, 15) is 4.79 Å². The Morgan fingerprint density at radius 1 is 1.07 bits per heavy atom. The van der Waals surface area contributed by atoms with Crippen LogP contribution in [0.2, 0.25) is 15.3 Å². The molecule has 1 saturated heterocycles. The first-order chi connectivity index (χ1) is 13.0. The number of Topliss-reactive ketones (excluding diaryl/α,β-unsaturated/α-hetero) is 1. The molecule has 7 heteroatoms. The van der Waals surface area contributed by atoms with Gasteiger partial charge in [0.2, 0.25) is 0 Å². The van der Waals surface area contributed by atoms with Crippen molar-refractivity contribution in [2.24, 2.45) is 5.92 Å². The lowest BCUT2D eigenvalue weighted by molar-refractivity contribution is 0.0841. The van der Waals surface area contributed by atoms with Crippen LogP contribution >= 0.6 is 34.8 Å². The summed E-state index contributed by atoms with van der Waals surface area (Å²) in [7, 11) is 0. The van der Waals surface area contributed by atoms with Gasteiger partial charge in [-0.2, -0.15) is 0 Å². The van der Waals surface area contributed by atoms with E-state index in [1.165, 1.54) is 0 Å². The lowest BCUT2D eigenvalue weighted by atomic mass is 9.89. The van der Waals surface area contributed by atoms with E-state index in [4.69, 9.17) is 34.8 Å². The number of halogens is 3. The van der Waals surface area contributed by atoms with Crippen molar-refractivity contribution in [3.05, 3.63) is 62.9 Å². The molecule has 0 atom stereocenters. The summed E-state index contributed by atoms with van der Waals surface area (Å²) in [4.78, 5) is 18.9. The molecule has 144 valence electrons. The first-order valence-electron chi connectivity index (χ1n) is 9.06. The van der Waals surface area contributed by atoms with Gasteiger partial charge in [0.05, 0.1) is 0 Å². The molecule has 0 aliphatic carbocycles. The summed E-state index contributed by atoms with van der Waals surface area (Å²) < 4.78 is 0. The van der Waals surface area contributed by atoms with Gasteiger partial charge in [-0.1, -0.05) is 34.8 Å². The molecule has 1 fully saturated rings. The molecule has 1 aliphatic heterocycles. The van der Waals surface area contributed by atoms with E-state index in [0.29, 0.717) is 21.9 Å². The molecule has 2 heterocycles. The van der Waals surface area contributed by atoms with Crippen LogP contribution in [0, 0.1) is 5.92 Å². The van der Waals surface area contributed by atoms with Crippen molar-refractivity contribution in [1.29, 1.82) is 0 Å². The van der Waals surface area contributed by atoms with Gasteiger partial charge in [-0.3, -0.25) is 4.79 Å². The molecule has 0 radical (unpaired) electrons. The Labute approximate surface area is 174 Å². The number of aromatic nitrogens is 1. The lowest BCUT2D eigenvalue weighted by Crippen LogP contribution is -2.39. The fraction of sp³-hybridized carbons (Fsp3) is 0.400. The van der Waals surface area contributed by atoms with Crippen molar-refractivity contribution in [3.8, 4) is 0 Å².